The molecule has 110 valence electrons. The SMILES string of the molecule is CCCc1nn2c(N)c(C#N)nnc2c1-c1ccc(F)cc1. The molecule has 6 nitrogen and oxygen atoms in total. The van der Waals surface area contributed by atoms with Gasteiger partial charge in [0.1, 0.15) is 11.9 Å². The number of nitriles is 1. The van der Waals surface area contributed by atoms with E-state index in [9.17, 15) is 4.39 Å². The molecule has 0 radical (unpaired) electrons. The van der Waals surface area contributed by atoms with Crippen LogP contribution in [0.5, 0.6) is 0 Å². The van der Waals surface area contributed by atoms with E-state index in [4.69, 9.17) is 11.0 Å². The molecular weight excluding hydrogens is 283 g/mol. The lowest BCUT2D eigenvalue weighted by atomic mass is 10.0. The normalized spacial score (nSPS) is 10.8. The number of rotatable bonds is 3. The third-order valence-electron chi connectivity index (χ3n) is 3.37. The molecule has 0 aliphatic carbocycles. The summed E-state index contributed by atoms with van der Waals surface area (Å²) in [5.74, 6) is -0.159. The van der Waals surface area contributed by atoms with Crippen LogP contribution in [0.4, 0.5) is 10.2 Å². The smallest absolute Gasteiger partial charge is 0.205 e. The van der Waals surface area contributed by atoms with Crippen molar-refractivity contribution in [3.63, 3.8) is 0 Å². The van der Waals surface area contributed by atoms with Crippen LogP contribution in [0.2, 0.25) is 0 Å². The molecule has 3 rings (SSSR count). The summed E-state index contributed by atoms with van der Waals surface area (Å²) in [5.41, 5.74) is 8.78. The zero-order valence-corrected chi connectivity index (χ0v) is 11.9. The first kappa shape index (κ1) is 13.9. The molecule has 0 unspecified atom stereocenters. The van der Waals surface area contributed by atoms with Gasteiger partial charge in [-0.1, -0.05) is 25.5 Å². The van der Waals surface area contributed by atoms with Crippen molar-refractivity contribution in [2.75, 3.05) is 5.73 Å². The minimum Gasteiger partial charge on any atom is -0.381 e. The number of halogens is 1. The predicted octanol–water partition coefficient (Wildman–Crippen LogP) is 2.34. The van der Waals surface area contributed by atoms with Crippen LogP contribution in [-0.2, 0) is 6.42 Å². The summed E-state index contributed by atoms with van der Waals surface area (Å²) >= 11 is 0. The van der Waals surface area contributed by atoms with E-state index in [1.165, 1.54) is 16.6 Å². The van der Waals surface area contributed by atoms with Crippen molar-refractivity contribution in [2.24, 2.45) is 0 Å². The number of nitrogens with two attached hydrogens (primary N) is 1. The van der Waals surface area contributed by atoms with Gasteiger partial charge in [0.05, 0.1) is 11.3 Å². The Morgan fingerprint density at radius 2 is 2.00 bits per heavy atom. The highest BCUT2D eigenvalue weighted by Crippen LogP contribution is 2.29. The highest BCUT2D eigenvalue weighted by Gasteiger charge is 2.19. The van der Waals surface area contributed by atoms with Crippen LogP contribution >= 0.6 is 0 Å². The molecule has 3 aromatic rings. The number of hydrogen-bond donors (Lipinski definition) is 1. The molecule has 0 aliphatic rings. The van der Waals surface area contributed by atoms with Crippen molar-refractivity contribution in [3.05, 3.63) is 41.5 Å². The summed E-state index contributed by atoms with van der Waals surface area (Å²) in [7, 11) is 0. The maximum absolute atomic E-state index is 13.1. The second-order valence-corrected chi connectivity index (χ2v) is 4.86. The Morgan fingerprint density at radius 1 is 1.27 bits per heavy atom. The summed E-state index contributed by atoms with van der Waals surface area (Å²) < 4.78 is 14.6. The van der Waals surface area contributed by atoms with E-state index >= 15 is 0 Å². The van der Waals surface area contributed by atoms with Crippen LogP contribution in [0.3, 0.4) is 0 Å². The minimum absolute atomic E-state index is 0.0312. The Hall–Kier alpha value is -3.01. The van der Waals surface area contributed by atoms with E-state index in [2.05, 4.69) is 15.3 Å². The van der Waals surface area contributed by atoms with Crippen LogP contribution in [-0.4, -0.2) is 19.8 Å². The lowest BCUT2D eigenvalue weighted by molar-refractivity contribution is 0.628. The molecular formula is C15H13FN6. The minimum atomic E-state index is -0.311. The van der Waals surface area contributed by atoms with E-state index < -0.39 is 0 Å². The van der Waals surface area contributed by atoms with Gasteiger partial charge in [-0.3, -0.25) is 0 Å². The largest absolute Gasteiger partial charge is 0.381 e. The molecule has 2 aromatic heterocycles. The first-order valence-electron chi connectivity index (χ1n) is 6.85. The van der Waals surface area contributed by atoms with Gasteiger partial charge < -0.3 is 5.73 Å². The Kier molecular flexibility index (Phi) is 3.43. The number of aromatic nitrogens is 4. The Bertz CT molecular complexity index is 876. The van der Waals surface area contributed by atoms with E-state index in [0.717, 1.165) is 29.7 Å². The van der Waals surface area contributed by atoms with Crippen molar-refractivity contribution in [1.82, 2.24) is 19.8 Å². The van der Waals surface area contributed by atoms with Gasteiger partial charge in [-0.05, 0) is 24.1 Å². The van der Waals surface area contributed by atoms with Gasteiger partial charge in [-0.25, -0.2) is 4.39 Å². The lowest BCUT2D eigenvalue weighted by Gasteiger charge is -2.02. The number of hydrogen-bond acceptors (Lipinski definition) is 5. The number of nitrogen functional groups attached to an aromatic ring is 1. The molecule has 0 saturated carbocycles. The maximum Gasteiger partial charge on any atom is 0.205 e. The van der Waals surface area contributed by atoms with Crippen LogP contribution in [0.1, 0.15) is 24.7 Å². The molecule has 0 spiro atoms. The summed E-state index contributed by atoms with van der Waals surface area (Å²) in [6.07, 6.45) is 1.61. The van der Waals surface area contributed by atoms with Crippen molar-refractivity contribution in [2.45, 2.75) is 19.8 Å². The molecule has 1 aromatic carbocycles. The number of aryl methyl sites for hydroxylation is 1. The van der Waals surface area contributed by atoms with Crippen LogP contribution in [0, 0.1) is 17.1 Å². The average molecular weight is 296 g/mol. The first-order valence-corrected chi connectivity index (χ1v) is 6.85. The molecule has 0 saturated heterocycles. The molecule has 2 heterocycles. The van der Waals surface area contributed by atoms with Gasteiger partial charge in [0.2, 0.25) is 5.69 Å². The van der Waals surface area contributed by atoms with Crippen molar-refractivity contribution >= 4 is 11.5 Å². The molecule has 7 heteroatoms. The quantitative estimate of drug-likeness (QED) is 0.800. The average Bonchev–Trinajstić information content (AvgIpc) is 2.88. The number of fused-ring (bicyclic) bond motifs is 1. The van der Waals surface area contributed by atoms with Crippen molar-refractivity contribution in [1.29, 1.82) is 5.26 Å². The van der Waals surface area contributed by atoms with Gasteiger partial charge in [0.25, 0.3) is 0 Å². The summed E-state index contributed by atoms with van der Waals surface area (Å²) in [6.45, 7) is 2.04. The van der Waals surface area contributed by atoms with Crippen molar-refractivity contribution in [3.8, 4) is 17.2 Å². The van der Waals surface area contributed by atoms with Crippen molar-refractivity contribution < 1.29 is 4.39 Å². The van der Waals surface area contributed by atoms with Gasteiger partial charge in [-0.15, -0.1) is 10.2 Å². The van der Waals surface area contributed by atoms with Gasteiger partial charge in [-0.2, -0.15) is 14.9 Å². The van der Waals surface area contributed by atoms with Gasteiger partial charge >= 0.3 is 0 Å². The molecule has 0 fully saturated rings. The van der Waals surface area contributed by atoms with E-state index in [0.29, 0.717) is 5.65 Å². The third kappa shape index (κ3) is 2.15. The van der Waals surface area contributed by atoms with Crippen LogP contribution < -0.4 is 5.73 Å². The topological polar surface area (TPSA) is 92.9 Å². The monoisotopic (exact) mass is 296 g/mol. The molecule has 22 heavy (non-hydrogen) atoms. The zero-order chi connectivity index (χ0) is 15.7. The fourth-order valence-electron chi connectivity index (χ4n) is 2.37. The highest BCUT2D eigenvalue weighted by molar-refractivity contribution is 5.80. The van der Waals surface area contributed by atoms with E-state index in [-0.39, 0.29) is 17.3 Å². The van der Waals surface area contributed by atoms with Gasteiger partial charge in [0, 0.05) is 0 Å². The van der Waals surface area contributed by atoms with Gasteiger partial charge in [0.15, 0.2) is 11.5 Å². The summed E-state index contributed by atoms with van der Waals surface area (Å²) in [4.78, 5) is 0. The second-order valence-electron chi connectivity index (χ2n) is 4.86. The highest BCUT2D eigenvalue weighted by atomic mass is 19.1. The molecule has 0 aliphatic heterocycles. The third-order valence-corrected chi connectivity index (χ3v) is 3.37. The lowest BCUT2D eigenvalue weighted by Crippen LogP contribution is -2.06. The standard InChI is InChI=1S/C15H13FN6/c1-2-3-11-13(9-4-6-10(16)7-5-9)15-20-19-12(8-17)14(18)22(15)21-11/h4-7H,2-3,18H2,1H3. The first-order chi connectivity index (χ1) is 10.7. The Balaban J connectivity index is 2.31. The fourth-order valence-corrected chi connectivity index (χ4v) is 2.37. The Morgan fingerprint density at radius 3 is 2.64 bits per heavy atom. The zero-order valence-electron chi connectivity index (χ0n) is 11.9. The number of anilines is 1. The molecule has 2 N–H and O–H groups in total. The summed E-state index contributed by atoms with van der Waals surface area (Å²) in [5, 5.41) is 21.3. The Labute approximate surface area is 126 Å². The molecule has 0 amide bonds. The maximum atomic E-state index is 13.1. The van der Waals surface area contributed by atoms with Crippen LogP contribution in [0.25, 0.3) is 16.8 Å². The molecule has 0 bridgehead atoms. The van der Waals surface area contributed by atoms with E-state index in [1.807, 2.05) is 13.0 Å². The second kappa shape index (κ2) is 5.41. The number of nitrogens with zero attached hydrogens (tertiary/aromatic N) is 5. The van der Waals surface area contributed by atoms with Crippen LogP contribution in [0.15, 0.2) is 24.3 Å². The summed E-state index contributed by atoms with van der Waals surface area (Å²) in [6, 6.07) is 7.99. The predicted molar refractivity (Wildman–Crippen MR) is 79.3 cm³/mol. The fraction of sp³-hybridized carbons (Fsp3) is 0.200. The molecule has 0 atom stereocenters. The number of benzene rings is 1. The van der Waals surface area contributed by atoms with E-state index in [1.54, 1.807) is 12.1 Å².